The van der Waals surface area contributed by atoms with Crippen LogP contribution in [0.2, 0.25) is 0 Å². The first-order valence-electron chi connectivity index (χ1n) is 12.0. The summed E-state index contributed by atoms with van der Waals surface area (Å²) in [6.45, 7) is 2.74. The number of carbonyl (C=O) groups excluding carboxylic acids is 1. The van der Waals surface area contributed by atoms with Crippen molar-refractivity contribution in [2.45, 2.75) is 96.3 Å². The van der Waals surface area contributed by atoms with Crippen molar-refractivity contribution in [1.29, 1.82) is 0 Å². The van der Waals surface area contributed by atoms with E-state index in [9.17, 15) is 9.90 Å². The molecule has 3 atom stereocenters. The number of allylic oxidation sites excluding steroid dienone is 1. The van der Waals surface area contributed by atoms with E-state index in [1.807, 2.05) is 18.9 Å². The Hall–Kier alpha value is -1.07. The predicted molar refractivity (Wildman–Crippen MR) is 114 cm³/mol. The molecular formula is C24H41NO4. The minimum absolute atomic E-state index is 0.0167. The summed E-state index contributed by atoms with van der Waals surface area (Å²) in [5.74, 6) is 1.60. The smallest absolute Gasteiger partial charge is 0.288 e. The predicted octanol–water partition coefficient (Wildman–Crippen LogP) is 4.64. The molecule has 3 aliphatic rings. The Morgan fingerprint density at radius 2 is 1.79 bits per heavy atom. The average Bonchev–Trinajstić information content (AvgIpc) is 2.78. The van der Waals surface area contributed by atoms with Gasteiger partial charge in [-0.3, -0.25) is 4.79 Å². The Labute approximate surface area is 176 Å². The van der Waals surface area contributed by atoms with Crippen LogP contribution in [0.15, 0.2) is 11.8 Å². The lowest BCUT2D eigenvalue weighted by molar-refractivity contribution is -0.180. The number of hydrogen-bond acceptors (Lipinski definition) is 4. The zero-order chi connectivity index (χ0) is 20.6. The molecule has 0 aromatic carbocycles. The van der Waals surface area contributed by atoms with Crippen molar-refractivity contribution in [3.05, 3.63) is 11.8 Å². The number of rotatable bonds is 8. The fourth-order valence-electron chi connectivity index (χ4n) is 5.64. The molecule has 29 heavy (non-hydrogen) atoms. The van der Waals surface area contributed by atoms with Crippen molar-refractivity contribution in [1.82, 2.24) is 4.90 Å². The Morgan fingerprint density at radius 1 is 1.14 bits per heavy atom. The summed E-state index contributed by atoms with van der Waals surface area (Å²) in [6, 6.07) is 0.325. The molecule has 0 aromatic rings. The number of carbonyl (C=O) groups is 1. The number of hydrogen-bond donors (Lipinski definition) is 1. The molecular weight excluding hydrogens is 366 g/mol. The zero-order valence-corrected chi connectivity index (χ0v) is 18.5. The summed E-state index contributed by atoms with van der Waals surface area (Å²) in [6.07, 6.45) is 15.5. The van der Waals surface area contributed by atoms with Gasteiger partial charge in [0.15, 0.2) is 5.76 Å². The highest BCUT2D eigenvalue weighted by Gasteiger charge is 2.41. The summed E-state index contributed by atoms with van der Waals surface area (Å²) in [4.78, 5) is 15.2. The lowest BCUT2D eigenvalue weighted by Crippen LogP contribution is -2.45. The highest BCUT2D eigenvalue weighted by atomic mass is 16.7. The molecule has 0 bridgehead atoms. The fourth-order valence-corrected chi connectivity index (χ4v) is 5.64. The molecule has 1 heterocycles. The first-order chi connectivity index (χ1) is 14.2. The molecule has 2 fully saturated rings. The molecule has 0 unspecified atom stereocenters. The van der Waals surface area contributed by atoms with E-state index >= 15 is 0 Å². The van der Waals surface area contributed by atoms with Crippen molar-refractivity contribution >= 4 is 5.91 Å². The lowest BCUT2D eigenvalue weighted by atomic mass is 9.71. The lowest BCUT2D eigenvalue weighted by Gasteiger charge is -2.42. The second kappa shape index (κ2) is 11.4. The van der Waals surface area contributed by atoms with Gasteiger partial charge in [0.05, 0.1) is 0 Å². The molecule has 5 nitrogen and oxygen atoms in total. The van der Waals surface area contributed by atoms with Crippen molar-refractivity contribution < 1.29 is 19.4 Å². The summed E-state index contributed by atoms with van der Waals surface area (Å²) >= 11 is 0. The molecule has 1 aliphatic heterocycles. The van der Waals surface area contributed by atoms with E-state index in [2.05, 4.69) is 6.08 Å². The quantitative estimate of drug-likeness (QED) is 0.637. The van der Waals surface area contributed by atoms with Gasteiger partial charge in [-0.15, -0.1) is 0 Å². The van der Waals surface area contributed by atoms with Crippen LogP contribution in [0.25, 0.3) is 0 Å². The van der Waals surface area contributed by atoms with E-state index in [0.29, 0.717) is 30.2 Å². The van der Waals surface area contributed by atoms with Crippen LogP contribution >= 0.6 is 0 Å². The van der Waals surface area contributed by atoms with Crippen LogP contribution in [0, 0.1) is 17.8 Å². The maximum absolute atomic E-state index is 13.3. The van der Waals surface area contributed by atoms with Crippen LogP contribution in [-0.2, 0) is 14.3 Å². The third kappa shape index (κ3) is 5.75. The Morgan fingerprint density at radius 3 is 2.41 bits per heavy atom. The van der Waals surface area contributed by atoms with Gasteiger partial charge in [-0.25, -0.2) is 0 Å². The highest BCUT2D eigenvalue weighted by Crippen LogP contribution is 2.42. The van der Waals surface area contributed by atoms with Gasteiger partial charge >= 0.3 is 0 Å². The highest BCUT2D eigenvalue weighted by molar-refractivity contribution is 5.91. The van der Waals surface area contributed by atoms with Crippen molar-refractivity contribution in [2.75, 3.05) is 20.3 Å². The molecule has 5 heteroatoms. The van der Waals surface area contributed by atoms with Gasteiger partial charge in [0, 0.05) is 32.2 Å². The Bertz CT molecular complexity index is 537. The number of likely N-dealkylation sites (N-methyl/N-ethyl adjacent to an activating group) is 1. The second-order valence-corrected chi connectivity index (χ2v) is 9.19. The fraction of sp³-hybridized carbons (Fsp3) is 0.875. The van der Waals surface area contributed by atoms with E-state index in [-0.39, 0.29) is 24.7 Å². The van der Waals surface area contributed by atoms with Gasteiger partial charge in [0.25, 0.3) is 5.91 Å². The van der Waals surface area contributed by atoms with Crippen LogP contribution in [0.1, 0.15) is 84.0 Å². The van der Waals surface area contributed by atoms with E-state index in [1.165, 1.54) is 51.4 Å². The van der Waals surface area contributed by atoms with Gasteiger partial charge in [-0.2, -0.15) is 0 Å². The summed E-state index contributed by atoms with van der Waals surface area (Å²) < 4.78 is 12.2. The summed E-state index contributed by atoms with van der Waals surface area (Å²) in [5.41, 5.74) is 0. The third-order valence-corrected chi connectivity index (χ3v) is 7.31. The average molecular weight is 408 g/mol. The standard InChI is InChI=1S/C24H41NO4/c1-3-28-24-20(15-10-16-26)21(18-11-6-4-7-12-18)17-22(29-24)23(27)25(2)19-13-8-5-9-14-19/h17-21,24,26H,3-16H2,1-2H3/t20-,21-,24-/m0/s1. The molecule has 3 rings (SSSR count). The number of amides is 1. The molecule has 0 radical (unpaired) electrons. The largest absolute Gasteiger partial charge is 0.459 e. The molecule has 1 N–H and O–H groups in total. The first kappa shape index (κ1) is 22.6. The van der Waals surface area contributed by atoms with Gasteiger partial charge in [-0.05, 0) is 63.4 Å². The molecule has 2 aliphatic carbocycles. The van der Waals surface area contributed by atoms with Crippen LogP contribution in [0.4, 0.5) is 0 Å². The summed E-state index contributed by atoms with van der Waals surface area (Å²) in [7, 11) is 1.94. The van der Waals surface area contributed by atoms with E-state index in [1.54, 1.807) is 0 Å². The van der Waals surface area contributed by atoms with Gasteiger partial charge in [-0.1, -0.05) is 38.5 Å². The first-order valence-corrected chi connectivity index (χ1v) is 12.0. The van der Waals surface area contributed by atoms with Crippen molar-refractivity contribution in [3.8, 4) is 0 Å². The van der Waals surface area contributed by atoms with Gasteiger partial charge in [0.1, 0.15) is 0 Å². The van der Waals surface area contributed by atoms with E-state index in [4.69, 9.17) is 9.47 Å². The Kier molecular flexibility index (Phi) is 8.85. The number of aliphatic hydroxyl groups excluding tert-OH is 1. The van der Waals surface area contributed by atoms with Gasteiger partial charge < -0.3 is 19.5 Å². The van der Waals surface area contributed by atoms with E-state index in [0.717, 1.165) is 25.7 Å². The monoisotopic (exact) mass is 407 g/mol. The molecule has 166 valence electrons. The molecule has 0 spiro atoms. The number of nitrogens with zero attached hydrogens (tertiary/aromatic N) is 1. The van der Waals surface area contributed by atoms with Crippen molar-refractivity contribution in [2.24, 2.45) is 17.8 Å². The topological polar surface area (TPSA) is 59.0 Å². The maximum atomic E-state index is 13.3. The van der Waals surface area contributed by atoms with E-state index < -0.39 is 0 Å². The minimum atomic E-state index is -0.387. The third-order valence-electron chi connectivity index (χ3n) is 7.31. The van der Waals surface area contributed by atoms with Crippen LogP contribution < -0.4 is 0 Å². The van der Waals surface area contributed by atoms with Crippen LogP contribution in [0.3, 0.4) is 0 Å². The van der Waals surface area contributed by atoms with Crippen LogP contribution in [0.5, 0.6) is 0 Å². The maximum Gasteiger partial charge on any atom is 0.288 e. The minimum Gasteiger partial charge on any atom is -0.459 e. The molecule has 1 amide bonds. The number of ether oxygens (including phenoxy) is 2. The SMILES string of the molecule is CCO[C@H]1OC(C(=O)N(C)C2CCCCC2)=C[C@@H](C2CCCCC2)[C@@H]1CCCO. The summed E-state index contributed by atoms with van der Waals surface area (Å²) in [5, 5.41) is 9.41. The van der Waals surface area contributed by atoms with Crippen molar-refractivity contribution in [3.63, 3.8) is 0 Å². The zero-order valence-electron chi connectivity index (χ0n) is 18.5. The Balaban J connectivity index is 1.82. The molecule has 0 aromatic heterocycles. The number of aliphatic hydroxyl groups is 1. The van der Waals surface area contributed by atoms with Gasteiger partial charge in [0.2, 0.25) is 6.29 Å². The normalized spacial score (nSPS) is 29.2. The second-order valence-electron chi connectivity index (χ2n) is 9.19. The molecule has 0 saturated heterocycles. The van der Waals surface area contributed by atoms with Crippen LogP contribution in [-0.4, -0.2) is 48.5 Å². The molecule has 2 saturated carbocycles.